The molecule has 0 aliphatic rings. The second kappa shape index (κ2) is 7.43. The number of pyridine rings is 1. The van der Waals surface area contributed by atoms with E-state index in [1.807, 2.05) is 35.9 Å². The molecule has 1 amide bonds. The SMILES string of the molecule is Cc1nccn1-c1cc(CNC(=O)Cc2n[nH]c(=O)c3ccccc23)ccn1. The quantitative estimate of drug-likeness (QED) is 0.553. The first-order valence-corrected chi connectivity index (χ1v) is 8.80. The lowest BCUT2D eigenvalue weighted by molar-refractivity contribution is -0.120. The lowest BCUT2D eigenvalue weighted by atomic mass is 10.1. The van der Waals surface area contributed by atoms with Crippen molar-refractivity contribution in [3.05, 3.63) is 82.4 Å². The number of aryl methyl sites for hydroxylation is 1. The van der Waals surface area contributed by atoms with Gasteiger partial charge in [-0.2, -0.15) is 5.10 Å². The molecule has 0 saturated carbocycles. The van der Waals surface area contributed by atoms with Crippen LogP contribution in [0, 0.1) is 6.92 Å². The number of fused-ring (bicyclic) bond motifs is 1. The number of hydrogen-bond acceptors (Lipinski definition) is 5. The molecule has 8 nitrogen and oxygen atoms in total. The highest BCUT2D eigenvalue weighted by Gasteiger charge is 2.11. The van der Waals surface area contributed by atoms with Crippen molar-refractivity contribution in [1.82, 2.24) is 30.0 Å². The van der Waals surface area contributed by atoms with Gasteiger partial charge < -0.3 is 5.32 Å². The van der Waals surface area contributed by atoms with Gasteiger partial charge in [0.2, 0.25) is 5.91 Å². The molecule has 0 fully saturated rings. The first kappa shape index (κ1) is 17.6. The van der Waals surface area contributed by atoms with E-state index in [4.69, 9.17) is 0 Å². The zero-order valence-corrected chi connectivity index (χ0v) is 15.2. The molecule has 8 heteroatoms. The van der Waals surface area contributed by atoms with E-state index in [2.05, 4.69) is 25.5 Å². The normalized spacial score (nSPS) is 10.9. The Bertz CT molecular complexity index is 1210. The molecule has 0 unspecified atom stereocenters. The molecule has 0 spiro atoms. The third kappa shape index (κ3) is 3.52. The molecule has 2 N–H and O–H groups in total. The summed E-state index contributed by atoms with van der Waals surface area (Å²) in [4.78, 5) is 32.8. The Morgan fingerprint density at radius 1 is 1.14 bits per heavy atom. The number of rotatable bonds is 5. The van der Waals surface area contributed by atoms with Crippen LogP contribution in [0.5, 0.6) is 0 Å². The first-order chi connectivity index (χ1) is 13.6. The predicted octanol–water partition coefficient (Wildman–Crippen LogP) is 1.67. The van der Waals surface area contributed by atoms with Crippen LogP contribution in [0.1, 0.15) is 17.1 Å². The molecule has 4 aromatic rings. The van der Waals surface area contributed by atoms with Gasteiger partial charge in [-0.05, 0) is 30.7 Å². The van der Waals surface area contributed by atoms with Crippen LogP contribution in [-0.2, 0) is 17.8 Å². The molecule has 0 radical (unpaired) electrons. The van der Waals surface area contributed by atoms with Crippen LogP contribution in [-0.4, -0.2) is 30.6 Å². The highest BCUT2D eigenvalue weighted by Crippen LogP contribution is 2.13. The van der Waals surface area contributed by atoms with Crippen molar-refractivity contribution in [2.24, 2.45) is 0 Å². The van der Waals surface area contributed by atoms with Gasteiger partial charge in [-0.1, -0.05) is 18.2 Å². The monoisotopic (exact) mass is 374 g/mol. The summed E-state index contributed by atoms with van der Waals surface area (Å²) in [6.45, 7) is 2.26. The fraction of sp³-hybridized carbons (Fsp3) is 0.150. The minimum absolute atomic E-state index is 0.0792. The molecular formula is C20H18N6O2. The lowest BCUT2D eigenvalue weighted by Gasteiger charge is -2.09. The Balaban J connectivity index is 1.47. The van der Waals surface area contributed by atoms with Gasteiger partial charge in [0, 0.05) is 30.5 Å². The van der Waals surface area contributed by atoms with Crippen molar-refractivity contribution in [3.63, 3.8) is 0 Å². The summed E-state index contributed by atoms with van der Waals surface area (Å²) in [6, 6.07) is 10.9. The average molecular weight is 374 g/mol. The maximum absolute atomic E-state index is 12.4. The minimum atomic E-state index is -0.265. The third-order valence-corrected chi connectivity index (χ3v) is 4.48. The molecule has 3 heterocycles. The fourth-order valence-corrected chi connectivity index (χ4v) is 3.04. The smallest absolute Gasteiger partial charge is 0.272 e. The Kier molecular flexibility index (Phi) is 4.67. The van der Waals surface area contributed by atoms with Crippen LogP contribution < -0.4 is 10.9 Å². The summed E-state index contributed by atoms with van der Waals surface area (Å²) < 4.78 is 1.88. The first-order valence-electron chi connectivity index (χ1n) is 8.80. The molecule has 140 valence electrons. The summed E-state index contributed by atoms with van der Waals surface area (Å²) in [5.41, 5.74) is 1.20. The van der Waals surface area contributed by atoms with Crippen LogP contribution in [0.25, 0.3) is 16.6 Å². The van der Waals surface area contributed by atoms with Crippen LogP contribution in [0.3, 0.4) is 0 Å². The van der Waals surface area contributed by atoms with Gasteiger partial charge in [0.25, 0.3) is 5.56 Å². The van der Waals surface area contributed by atoms with E-state index in [1.54, 1.807) is 30.6 Å². The molecule has 0 saturated heterocycles. The van der Waals surface area contributed by atoms with Crippen LogP contribution >= 0.6 is 0 Å². The Morgan fingerprint density at radius 3 is 2.75 bits per heavy atom. The van der Waals surface area contributed by atoms with Crippen LogP contribution in [0.4, 0.5) is 0 Å². The average Bonchev–Trinajstić information content (AvgIpc) is 3.15. The van der Waals surface area contributed by atoms with Crippen molar-refractivity contribution in [2.75, 3.05) is 0 Å². The van der Waals surface area contributed by atoms with Gasteiger partial charge in [0.05, 0.1) is 17.5 Å². The van der Waals surface area contributed by atoms with Crippen LogP contribution in [0.15, 0.2) is 59.8 Å². The molecule has 0 aliphatic carbocycles. The molecule has 0 bridgehead atoms. The number of nitrogens with zero attached hydrogens (tertiary/aromatic N) is 4. The van der Waals surface area contributed by atoms with Crippen molar-refractivity contribution in [1.29, 1.82) is 0 Å². The van der Waals surface area contributed by atoms with Crippen LogP contribution in [0.2, 0.25) is 0 Å². The number of nitrogens with one attached hydrogen (secondary N) is 2. The van der Waals surface area contributed by atoms with Gasteiger partial charge >= 0.3 is 0 Å². The van der Waals surface area contributed by atoms with E-state index in [1.165, 1.54) is 0 Å². The number of aromatic nitrogens is 5. The highest BCUT2D eigenvalue weighted by atomic mass is 16.1. The zero-order chi connectivity index (χ0) is 19.5. The van der Waals surface area contributed by atoms with Gasteiger partial charge in [-0.3, -0.25) is 14.2 Å². The van der Waals surface area contributed by atoms with E-state index < -0.39 is 0 Å². The standard InChI is InChI=1S/C20H18N6O2/c1-13-21-8-9-26(13)18-10-14(6-7-22-18)12-23-19(27)11-17-15-4-2-3-5-16(15)20(28)25-24-17/h2-10H,11-12H2,1H3,(H,23,27)(H,25,28). The zero-order valence-electron chi connectivity index (χ0n) is 15.2. The van der Waals surface area contributed by atoms with E-state index in [0.29, 0.717) is 23.0 Å². The summed E-state index contributed by atoms with van der Waals surface area (Å²) >= 11 is 0. The van der Waals surface area contributed by atoms with Crippen molar-refractivity contribution in [3.8, 4) is 5.82 Å². The molecule has 3 aromatic heterocycles. The molecule has 4 rings (SSSR count). The maximum atomic E-state index is 12.4. The number of carbonyl (C=O) groups is 1. The number of aromatic amines is 1. The maximum Gasteiger partial charge on any atom is 0.272 e. The Hall–Kier alpha value is -3.81. The van der Waals surface area contributed by atoms with Crippen molar-refractivity contribution in [2.45, 2.75) is 19.9 Å². The second-order valence-corrected chi connectivity index (χ2v) is 6.37. The van der Waals surface area contributed by atoms with Gasteiger partial charge in [0.1, 0.15) is 11.6 Å². The number of H-pyrrole nitrogens is 1. The minimum Gasteiger partial charge on any atom is -0.352 e. The topological polar surface area (TPSA) is 106 Å². The van der Waals surface area contributed by atoms with Crippen molar-refractivity contribution < 1.29 is 4.79 Å². The number of benzene rings is 1. The lowest BCUT2D eigenvalue weighted by Crippen LogP contribution is -2.26. The van der Waals surface area contributed by atoms with E-state index >= 15 is 0 Å². The number of hydrogen-bond donors (Lipinski definition) is 2. The summed E-state index contributed by atoms with van der Waals surface area (Å²) in [5.74, 6) is 1.40. The number of imidazole rings is 1. The Labute approximate surface area is 160 Å². The highest BCUT2D eigenvalue weighted by molar-refractivity contribution is 5.88. The molecule has 0 aliphatic heterocycles. The summed E-state index contributed by atoms with van der Waals surface area (Å²) in [5, 5.41) is 10.6. The predicted molar refractivity (Wildman–Crippen MR) is 104 cm³/mol. The molecule has 1 aromatic carbocycles. The van der Waals surface area contributed by atoms with Gasteiger partial charge in [-0.25, -0.2) is 15.1 Å². The second-order valence-electron chi connectivity index (χ2n) is 6.37. The summed E-state index contributed by atoms with van der Waals surface area (Å²) in [6.07, 6.45) is 5.34. The van der Waals surface area contributed by atoms with Gasteiger partial charge in [-0.15, -0.1) is 0 Å². The molecule has 0 atom stereocenters. The fourth-order valence-electron chi connectivity index (χ4n) is 3.04. The Morgan fingerprint density at radius 2 is 1.96 bits per heavy atom. The van der Waals surface area contributed by atoms with E-state index in [9.17, 15) is 9.59 Å². The molecular weight excluding hydrogens is 356 g/mol. The van der Waals surface area contributed by atoms with E-state index in [-0.39, 0.29) is 17.9 Å². The number of amides is 1. The van der Waals surface area contributed by atoms with Gasteiger partial charge in [0.15, 0.2) is 0 Å². The number of carbonyl (C=O) groups excluding carboxylic acids is 1. The molecule has 28 heavy (non-hydrogen) atoms. The largest absolute Gasteiger partial charge is 0.352 e. The van der Waals surface area contributed by atoms with Crippen molar-refractivity contribution >= 4 is 16.7 Å². The van der Waals surface area contributed by atoms with E-state index in [0.717, 1.165) is 17.2 Å². The third-order valence-electron chi connectivity index (χ3n) is 4.48. The summed E-state index contributed by atoms with van der Waals surface area (Å²) in [7, 11) is 0.